The van der Waals surface area contributed by atoms with Crippen LogP contribution < -0.4 is 33.6 Å². The topological polar surface area (TPSA) is 204 Å². The number of hydrogen-bond acceptors (Lipinski definition) is 15. The summed E-state index contributed by atoms with van der Waals surface area (Å²) in [5, 5.41) is 30.8. The smallest absolute Gasteiger partial charge is 0.416 e. The number of ether oxygens (including phenoxy) is 6. The maximum absolute atomic E-state index is 14.5. The first-order valence-electron chi connectivity index (χ1n) is 25.1. The quantitative estimate of drug-likeness (QED) is 0.0980. The van der Waals surface area contributed by atoms with Crippen molar-refractivity contribution in [2.45, 2.75) is 69.4 Å². The number of unbranched alkanes of at least 4 members (excludes halogenated alkanes) is 2. The van der Waals surface area contributed by atoms with Crippen LogP contribution in [0.3, 0.4) is 0 Å². The monoisotopic (exact) mass is 1010 g/mol. The minimum Gasteiger partial charge on any atom is -0.493 e. The van der Waals surface area contributed by atoms with E-state index in [1.165, 1.54) is 31.3 Å². The molecular weight excluding hydrogens is 941 g/mol. The van der Waals surface area contributed by atoms with E-state index in [1.807, 2.05) is 6.20 Å². The van der Waals surface area contributed by atoms with E-state index in [4.69, 9.17) is 28.4 Å². The summed E-state index contributed by atoms with van der Waals surface area (Å²) in [5.41, 5.74) is 3.94. The fraction of sp³-hybridized carbons (Fsp3) is 0.481. The summed E-state index contributed by atoms with van der Waals surface area (Å²) in [6.07, 6.45) is 6.18. The van der Waals surface area contributed by atoms with Gasteiger partial charge in [0.15, 0.2) is 29.2 Å². The second-order valence-electron chi connectivity index (χ2n) is 19.5. The molecule has 4 amide bonds. The minimum absolute atomic E-state index is 0.0172. The van der Waals surface area contributed by atoms with Gasteiger partial charge in [-0.05, 0) is 85.8 Å². The second-order valence-corrected chi connectivity index (χ2v) is 19.5. The Kier molecular flexibility index (Phi) is 15.5. The number of carbonyl (C=O) groups excluding carboxylic acids is 4. The van der Waals surface area contributed by atoms with Gasteiger partial charge in [-0.25, -0.2) is 14.5 Å². The molecule has 390 valence electrons. The molecule has 3 aromatic rings. The number of fused-ring (bicyclic) bond motifs is 4. The van der Waals surface area contributed by atoms with Crippen molar-refractivity contribution in [1.82, 2.24) is 14.7 Å². The van der Waals surface area contributed by atoms with Gasteiger partial charge in [0.05, 0.1) is 81.3 Å². The highest BCUT2D eigenvalue weighted by molar-refractivity contribution is 6.07. The van der Waals surface area contributed by atoms with E-state index in [0.717, 1.165) is 60.7 Å². The highest BCUT2D eigenvalue weighted by atomic mass is 16.6. The fourth-order valence-corrected chi connectivity index (χ4v) is 10.7. The Labute approximate surface area is 425 Å². The second kappa shape index (κ2) is 22.1. The molecule has 73 heavy (non-hydrogen) atoms. The molecule has 1 aliphatic carbocycles. The zero-order valence-corrected chi connectivity index (χ0v) is 41.6. The Hall–Kier alpha value is -6.80. The molecule has 1 unspecified atom stereocenters. The van der Waals surface area contributed by atoms with Crippen molar-refractivity contribution >= 4 is 46.6 Å². The number of rotatable bonds is 19. The van der Waals surface area contributed by atoms with Crippen molar-refractivity contribution in [2.24, 2.45) is 5.41 Å². The van der Waals surface area contributed by atoms with Crippen molar-refractivity contribution in [2.75, 3.05) is 108 Å². The Morgan fingerprint density at radius 3 is 2.03 bits per heavy atom. The number of carbonyl (C=O) groups is 4. The van der Waals surface area contributed by atoms with Crippen LogP contribution in [0.5, 0.6) is 23.0 Å². The number of amides is 4. The SMILES string of the molecule is C=CCOC(=O)N1C[C@@H]2CC(c3ccc(N4CCN(C[C@H](O)CO)CC4)cc3)=CN2C(=O)c2cc(OC)c(OCCCCCOc3cc4c(cc3OC)C(=O)N3CC5(CC5)C[C@H]3C(O)N4C(=O)OCC=C)cc21. The van der Waals surface area contributed by atoms with E-state index >= 15 is 0 Å². The molecule has 19 heteroatoms. The number of piperazine rings is 1. The molecule has 1 spiro atoms. The van der Waals surface area contributed by atoms with Crippen molar-refractivity contribution in [1.29, 1.82) is 0 Å². The standard InChI is InChI=1S/C54H66N6O13/c1-5-20-72-52(66)58-31-38-24-36(35-10-12-37(13-11-35)56-18-16-55(17-19-56)32-39(62)33-61)30-57(38)49(63)40-25-45(68-3)47(27-42(40)58)70-22-8-7-9-23-71-48-28-43-41(26-46(48)69-4)50(64)59-34-54(14-15-54)29-44(59)51(65)60(43)53(67)73-21-6-2/h5-6,10-13,25-28,30,38-39,44,51,61-62,65H,1-2,7-9,14-24,29,31-34H2,3-4H3/t38-,39-,44-,51?/m0/s1. The van der Waals surface area contributed by atoms with Gasteiger partial charge in [0.1, 0.15) is 13.2 Å². The fourth-order valence-electron chi connectivity index (χ4n) is 10.7. The first-order chi connectivity index (χ1) is 35.4. The van der Waals surface area contributed by atoms with Crippen molar-refractivity contribution in [3.8, 4) is 23.0 Å². The van der Waals surface area contributed by atoms with Gasteiger partial charge in [-0.15, -0.1) is 0 Å². The number of benzene rings is 3. The van der Waals surface area contributed by atoms with Crippen LogP contribution in [0, 0.1) is 5.41 Å². The van der Waals surface area contributed by atoms with Crippen molar-refractivity contribution in [3.05, 3.63) is 96.7 Å². The molecule has 3 aromatic carbocycles. The first kappa shape index (κ1) is 51.1. The lowest BCUT2D eigenvalue weighted by Crippen LogP contribution is -2.50. The molecule has 0 bridgehead atoms. The summed E-state index contributed by atoms with van der Waals surface area (Å²) >= 11 is 0. The summed E-state index contributed by atoms with van der Waals surface area (Å²) in [4.78, 5) is 66.2. The summed E-state index contributed by atoms with van der Waals surface area (Å²) in [6, 6.07) is 13.7. The average molecular weight is 1010 g/mol. The molecule has 2 saturated heterocycles. The summed E-state index contributed by atoms with van der Waals surface area (Å²) < 4.78 is 34.9. The van der Waals surface area contributed by atoms with E-state index in [1.54, 1.807) is 34.1 Å². The third-order valence-corrected chi connectivity index (χ3v) is 14.7. The molecule has 3 fully saturated rings. The molecule has 0 aromatic heterocycles. The van der Waals surface area contributed by atoms with E-state index in [9.17, 15) is 34.5 Å². The molecule has 5 aliphatic heterocycles. The maximum Gasteiger partial charge on any atom is 0.416 e. The van der Waals surface area contributed by atoms with Crippen molar-refractivity contribution in [3.63, 3.8) is 0 Å². The van der Waals surface area contributed by atoms with Crippen LogP contribution in [-0.2, 0) is 9.47 Å². The van der Waals surface area contributed by atoms with Gasteiger partial charge in [0.2, 0.25) is 0 Å². The van der Waals surface area contributed by atoms with Gasteiger partial charge in [-0.2, -0.15) is 0 Å². The van der Waals surface area contributed by atoms with Gasteiger partial charge in [-0.1, -0.05) is 37.4 Å². The van der Waals surface area contributed by atoms with E-state index in [0.29, 0.717) is 73.9 Å². The predicted molar refractivity (Wildman–Crippen MR) is 272 cm³/mol. The van der Waals surface area contributed by atoms with Gasteiger partial charge in [-0.3, -0.25) is 19.4 Å². The number of β-amino-alcohol motifs (C(OH)–C–C–N with tert-alkyl or cyclic N) is 1. The third-order valence-electron chi connectivity index (χ3n) is 14.7. The lowest BCUT2D eigenvalue weighted by Gasteiger charge is -2.36. The van der Waals surface area contributed by atoms with Crippen molar-refractivity contribution < 1.29 is 62.9 Å². The molecule has 4 atom stereocenters. The van der Waals surface area contributed by atoms with Crippen LogP contribution in [0.1, 0.15) is 71.2 Å². The Balaban J connectivity index is 0.844. The van der Waals surface area contributed by atoms with Crippen LogP contribution in [-0.4, -0.2) is 172 Å². The zero-order valence-electron chi connectivity index (χ0n) is 41.6. The lowest BCUT2D eigenvalue weighted by molar-refractivity contribution is 0.0496. The maximum atomic E-state index is 14.5. The Bertz CT molecular complexity index is 2600. The van der Waals surface area contributed by atoms with Gasteiger partial charge in [0.25, 0.3) is 11.8 Å². The molecule has 5 heterocycles. The molecule has 1 saturated carbocycles. The van der Waals surface area contributed by atoms with E-state index in [2.05, 4.69) is 47.2 Å². The Morgan fingerprint density at radius 1 is 0.808 bits per heavy atom. The van der Waals surface area contributed by atoms with E-state index < -0.39 is 30.6 Å². The minimum atomic E-state index is -1.34. The number of aliphatic hydroxyl groups excluding tert-OH is 3. The third kappa shape index (κ3) is 10.7. The normalized spacial score (nSPS) is 21.2. The first-order valence-corrected chi connectivity index (χ1v) is 25.1. The van der Waals surface area contributed by atoms with Gasteiger partial charge in [0, 0.05) is 63.3 Å². The largest absolute Gasteiger partial charge is 0.493 e. The molecule has 6 aliphatic rings. The van der Waals surface area contributed by atoms with Crippen LogP contribution in [0.25, 0.3) is 5.57 Å². The molecule has 19 nitrogen and oxygen atoms in total. The number of hydrogen-bond donors (Lipinski definition) is 3. The van der Waals surface area contributed by atoms with Crippen LogP contribution in [0.4, 0.5) is 26.7 Å². The average Bonchev–Trinajstić information content (AvgIpc) is 3.92. The molecule has 3 N–H and O–H groups in total. The highest BCUT2D eigenvalue weighted by Crippen LogP contribution is 2.57. The number of anilines is 3. The molecule has 9 rings (SSSR count). The summed E-state index contributed by atoms with van der Waals surface area (Å²) in [6.45, 7) is 11.8. The number of nitrogens with zero attached hydrogens (tertiary/aromatic N) is 6. The Morgan fingerprint density at radius 2 is 1.42 bits per heavy atom. The highest BCUT2D eigenvalue weighted by Gasteiger charge is 2.58. The zero-order chi connectivity index (χ0) is 51.4. The lowest BCUT2D eigenvalue weighted by atomic mass is 10.0. The van der Waals surface area contributed by atoms with Crippen LogP contribution in [0.15, 0.2) is 80.0 Å². The summed E-state index contributed by atoms with van der Waals surface area (Å²) in [7, 11) is 2.97. The predicted octanol–water partition coefficient (Wildman–Crippen LogP) is 5.66. The van der Waals surface area contributed by atoms with Gasteiger partial charge >= 0.3 is 12.2 Å². The molecule has 0 radical (unpaired) electrons. The van der Waals surface area contributed by atoms with Gasteiger partial charge < -0.3 is 58.4 Å². The summed E-state index contributed by atoms with van der Waals surface area (Å²) in [5.74, 6) is 0.693. The van der Waals surface area contributed by atoms with Crippen LogP contribution in [0.2, 0.25) is 0 Å². The number of aliphatic hydroxyl groups is 3. The molecular formula is C54H66N6O13. The number of methoxy groups -OCH3 is 2. The van der Waals surface area contributed by atoms with Crippen LogP contribution >= 0.6 is 0 Å². The van der Waals surface area contributed by atoms with E-state index in [-0.39, 0.29) is 79.7 Å².